The largest absolute Gasteiger partial charge is 0.355 e. The SMILES string of the molecule is Cc1ccc(-n2nnnc2SCC(=O)NCC23CC4CC(CC(C4)C2)C3)cc1. The molecule has 4 saturated carbocycles. The van der Waals surface area contributed by atoms with E-state index in [0.717, 1.165) is 30.0 Å². The molecule has 2 aromatic rings. The Kier molecular flexibility index (Phi) is 4.65. The predicted molar refractivity (Wildman–Crippen MR) is 108 cm³/mol. The van der Waals surface area contributed by atoms with E-state index in [1.807, 2.05) is 31.2 Å². The molecule has 6 nitrogen and oxygen atoms in total. The molecule has 4 aliphatic carbocycles. The molecule has 0 atom stereocenters. The monoisotopic (exact) mass is 397 g/mol. The van der Waals surface area contributed by atoms with Crippen LogP contribution in [0.5, 0.6) is 0 Å². The molecule has 0 saturated heterocycles. The number of amides is 1. The number of aromatic nitrogens is 4. The van der Waals surface area contributed by atoms with Crippen molar-refractivity contribution < 1.29 is 4.79 Å². The fourth-order valence-corrected chi connectivity index (χ4v) is 6.81. The van der Waals surface area contributed by atoms with Gasteiger partial charge in [0.25, 0.3) is 0 Å². The van der Waals surface area contributed by atoms with Crippen molar-refractivity contribution in [3.05, 3.63) is 29.8 Å². The molecule has 7 heteroatoms. The highest BCUT2D eigenvalue weighted by molar-refractivity contribution is 7.99. The maximum Gasteiger partial charge on any atom is 0.230 e. The lowest BCUT2D eigenvalue weighted by Crippen LogP contribution is -2.51. The molecule has 148 valence electrons. The van der Waals surface area contributed by atoms with Gasteiger partial charge in [0.15, 0.2) is 0 Å². The Morgan fingerprint density at radius 1 is 1.14 bits per heavy atom. The maximum atomic E-state index is 12.5. The lowest BCUT2D eigenvalue weighted by atomic mass is 9.49. The summed E-state index contributed by atoms with van der Waals surface area (Å²) in [5.41, 5.74) is 2.47. The number of carbonyl (C=O) groups excluding carboxylic acids is 1. The quantitative estimate of drug-likeness (QED) is 0.757. The van der Waals surface area contributed by atoms with Crippen molar-refractivity contribution in [2.24, 2.45) is 23.2 Å². The average molecular weight is 398 g/mol. The Hall–Kier alpha value is -1.89. The van der Waals surface area contributed by atoms with E-state index in [1.54, 1.807) is 4.68 Å². The molecular formula is C21H27N5OS. The number of carbonyl (C=O) groups is 1. The van der Waals surface area contributed by atoms with Gasteiger partial charge in [-0.1, -0.05) is 29.5 Å². The molecule has 1 aromatic heterocycles. The predicted octanol–water partition coefficient (Wildman–Crippen LogP) is 3.40. The minimum atomic E-state index is 0.0826. The fourth-order valence-electron chi connectivity index (χ4n) is 6.09. The summed E-state index contributed by atoms with van der Waals surface area (Å²) in [7, 11) is 0. The number of benzene rings is 1. The summed E-state index contributed by atoms with van der Waals surface area (Å²) in [6, 6.07) is 8.04. The van der Waals surface area contributed by atoms with Crippen LogP contribution in [0.2, 0.25) is 0 Å². The summed E-state index contributed by atoms with van der Waals surface area (Å²) in [4.78, 5) is 12.5. The van der Waals surface area contributed by atoms with Gasteiger partial charge in [0.2, 0.25) is 11.1 Å². The Morgan fingerprint density at radius 2 is 1.79 bits per heavy atom. The molecule has 28 heavy (non-hydrogen) atoms. The summed E-state index contributed by atoms with van der Waals surface area (Å²) >= 11 is 1.39. The van der Waals surface area contributed by atoms with Gasteiger partial charge in [-0.05, 0) is 91.2 Å². The molecule has 0 aliphatic heterocycles. The maximum absolute atomic E-state index is 12.5. The number of nitrogens with one attached hydrogen (secondary N) is 1. The molecule has 1 amide bonds. The highest BCUT2D eigenvalue weighted by Gasteiger charge is 2.50. The molecular weight excluding hydrogens is 370 g/mol. The molecule has 1 heterocycles. The van der Waals surface area contributed by atoms with Crippen LogP contribution in [0, 0.1) is 30.1 Å². The summed E-state index contributed by atoms with van der Waals surface area (Å²) < 4.78 is 1.69. The van der Waals surface area contributed by atoms with Crippen LogP contribution in [0.4, 0.5) is 0 Å². The summed E-state index contributed by atoms with van der Waals surface area (Å²) in [6.45, 7) is 2.89. The van der Waals surface area contributed by atoms with Crippen molar-refractivity contribution >= 4 is 17.7 Å². The average Bonchev–Trinajstić information content (AvgIpc) is 3.13. The van der Waals surface area contributed by atoms with Crippen LogP contribution in [-0.4, -0.2) is 38.4 Å². The zero-order valence-electron chi connectivity index (χ0n) is 16.3. The normalized spacial score (nSPS) is 30.5. The molecule has 0 radical (unpaired) electrons. The Bertz CT molecular complexity index is 827. The standard InChI is InChI=1S/C21H27N5OS/c1-14-2-4-18(5-3-14)26-20(23-24-25-26)28-12-19(27)22-13-21-9-15-6-16(10-21)8-17(7-15)11-21/h2-5,15-17H,6-13H2,1H3,(H,22,27). The van der Waals surface area contributed by atoms with E-state index in [9.17, 15) is 4.79 Å². The van der Waals surface area contributed by atoms with Crippen LogP contribution >= 0.6 is 11.8 Å². The third-order valence-electron chi connectivity index (χ3n) is 6.88. The molecule has 4 fully saturated rings. The second kappa shape index (κ2) is 7.17. The fraction of sp³-hybridized carbons (Fsp3) is 0.619. The zero-order chi connectivity index (χ0) is 19.1. The van der Waals surface area contributed by atoms with E-state index in [-0.39, 0.29) is 5.91 Å². The first kappa shape index (κ1) is 18.2. The third kappa shape index (κ3) is 3.56. The number of hydrogen-bond donors (Lipinski definition) is 1. The van der Waals surface area contributed by atoms with E-state index >= 15 is 0 Å². The molecule has 4 bridgehead atoms. The van der Waals surface area contributed by atoms with Gasteiger partial charge >= 0.3 is 0 Å². The minimum absolute atomic E-state index is 0.0826. The van der Waals surface area contributed by atoms with E-state index in [2.05, 4.69) is 20.8 Å². The second-order valence-electron chi connectivity index (χ2n) is 9.19. The Labute approximate surface area is 169 Å². The van der Waals surface area contributed by atoms with Crippen molar-refractivity contribution in [2.45, 2.75) is 50.6 Å². The minimum Gasteiger partial charge on any atom is -0.355 e. The van der Waals surface area contributed by atoms with Gasteiger partial charge in [-0.15, -0.1) is 5.10 Å². The van der Waals surface area contributed by atoms with Gasteiger partial charge in [-0.2, -0.15) is 4.68 Å². The summed E-state index contributed by atoms with van der Waals surface area (Å²) in [5, 5.41) is 15.8. The van der Waals surface area contributed by atoms with Gasteiger partial charge in [-0.25, -0.2) is 0 Å². The van der Waals surface area contributed by atoms with Gasteiger partial charge in [0, 0.05) is 6.54 Å². The first-order chi connectivity index (χ1) is 13.6. The molecule has 6 rings (SSSR count). The number of tetrazole rings is 1. The highest BCUT2D eigenvalue weighted by Crippen LogP contribution is 2.59. The van der Waals surface area contributed by atoms with Crippen LogP contribution in [0.25, 0.3) is 5.69 Å². The molecule has 1 N–H and O–H groups in total. The van der Waals surface area contributed by atoms with Crippen molar-refractivity contribution in [1.29, 1.82) is 0 Å². The van der Waals surface area contributed by atoms with Crippen molar-refractivity contribution in [3.63, 3.8) is 0 Å². The third-order valence-corrected chi connectivity index (χ3v) is 7.80. The van der Waals surface area contributed by atoms with Crippen LogP contribution in [-0.2, 0) is 4.79 Å². The number of rotatable bonds is 6. The van der Waals surface area contributed by atoms with Crippen molar-refractivity contribution in [3.8, 4) is 5.69 Å². The van der Waals surface area contributed by atoms with E-state index in [4.69, 9.17) is 0 Å². The summed E-state index contributed by atoms with van der Waals surface area (Å²) in [5.74, 6) is 3.17. The summed E-state index contributed by atoms with van der Waals surface area (Å²) in [6.07, 6.45) is 8.26. The molecule has 0 unspecified atom stereocenters. The van der Waals surface area contributed by atoms with Gasteiger partial charge in [0.05, 0.1) is 11.4 Å². The van der Waals surface area contributed by atoms with Crippen LogP contribution in [0.15, 0.2) is 29.4 Å². The van der Waals surface area contributed by atoms with Crippen LogP contribution < -0.4 is 5.32 Å². The molecule has 4 aliphatic rings. The van der Waals surface area contributed by atoms with Gasteiger partial charge in [0.1, 0.15) is 0 Å². The van der Waals surface area contributed by atoms with E-state index in [1.165, 1.54) is 55.9 Å². The first-order valence-corrected chi connectivity index (χ1v) is 11.3. The number of nitrogens with zero attached hydrogens (tertiary/aromatic N) is 4. The smallest absolute Gasteiger partial charge is 0.230 e. The van der Waals surface area contributed by atoms with Gasteiger partial charge < -0.3 is 5.32 Å². The van der Waals surface area contributed by atoms with Crippen molar-refractivity contribution in [2.75, 3.05) is 12.3 Å². The van der Waals surface area contributed by atoms with Gasteiger partial charge in [-0.3, -0.25) is 4.79 Å². The number of aryl methyl sites for hydroxylation is 1. The topological polar surface area (TPSA) is 72.7 Å². The zero-order valence-corrected chi connectivity index (χ0v) is 17.1. The second-order valence-corrected chi connectivity index (χ2v) is 10.1. The van der Waals surface area contributed by atoms with E-state index < -0.39 is 0 Å². The molecule has 1 aromatic carbocycles. The Morgan fingerprint density at radius 3 is 2.43 bits per heavy atom. The van der Waals surface area contributed by atoms with E-state index in [0.29, 0.717) is 16.3 Å². The lowest BCUT2D eigenvalue weighted by molar-refractivity contribution is -0.120. The van der Waals surface area contributed by atoms with Crippen molar-refractivity contribution in [1.82, 2.24) is 25.5 Å². The molecule has 0 spiro atoms. The van der Waals surface area contributed by atoms with Crippen LogP contribution in [0.3, 0.4) is 0 Å². The Balaban J connectivity index is 1.17. The lowest BCUT2D eigenvalue weighted by Gasteiger charge is -2.56. The highest BCUT2D eigenvalue weighted by atomic mass is 32.2. The number of hydrogen-bond acceptors (Lipinski definition) is 5. The number of thioether (sulfide) groups is 1. The first-order valence-electron chi connectivity index (χ1n) is 10.3. The van der Waals surface area contributed by atoms with Crippen LogP contribution in [0.1, 0.15) is 44.1 Å².